The van der Waals surface area contributed by atoms with Crippen LogP contribution in [0.5, 0.6) is 11.5 Å². The Morgan fingerprint density at radius 3 is 2.44 bits per heavy atom. The molecule has 1 atom stereocenters. The van der Waals surface area contributed by atoms with Crippen LogP contribution in [-0.4, -0.2) is 26.8 Å². The number of carbonyl (C=O) groups is 2. The maximum absolute atomic E-state index is 11.8. The quantitative estimate of drug-likeness (QED) is 0.406. The van der Waals surface area contributed by atoms with Crippen molar-refractivity contribution in [2.45, 2.75) is 19.3 Å². The van der Waals surface area contributed by atoms with Crippen molar-refractivity contribution in [1.82, 2.24) is 15.0 Å². The van der Waals surface area contributed by atoms with Crippen LogP contribution < -0.4 is 16.2 Å². The zero-order valence-corrected chi connectivity index (χ0v) is 17.3. The van der Waals surface area contributed by atoms with Crippen molar-refractivity contribution in [2.24, 2.45) is 16.9 Å². The fourth-order valence-electron chi connectivity index (χ4n) is 4.26. The van der Waals surface area contributed by atoms with E-state index in [1.54, 1.807) is 30.7 Å². The number of nitrogens with two attached hydrogens (primary N) is 2. The number of carbonyl (C=O) groups excluding carboxylic acids is 2. The second-order valence-electron chi connectivity index (χ2n) is 8.06. The van der Waals surface area contributed by atoms with Crippen molar-refractivity contribution in [3.8, 4) is 22.9 Å². The monoisotopic (exact) mass is 427 g/mol. The van der Waals surface area contributed by atoms with E-state index in [1.165, 1.54) is 0 Å². The van der Waals surface area contributed by atoms with Crippen molar-refractivity contribution in [3.63, 3.8) is 0 Å². The van der Waals surface area contributed by atoms with Gasteiger partial charge in [-0.05, 0) is 54.8 Å². The van der Waals surface area contributed by atoms with E-state index in [1.807, 2.05) is 37.3 Å². The van der Waals surface area contributed by atoms with Gasteiger partial charge in [0.1, 0.15) is 22.7 Å². The lowest BCUT2D eigenvalue weighted by Crippen LogP contribution is -2.38. The largest absolute Gasteiger partial charge is 0.457 e. The highest BCUT2D eigenvalue weighted by molar-refractivity contribution is 6.08. The molecule has 2 aromatic heterocycles. The number of hydrogen-bond donors (Lipinski definition) is 3. The van der Waals surface area contributed by atoms with Crippen molar-refractivity contribution in [2.75, 3.05) is 0 Å². The highest BCUT2D eigenvalue weighted by Gasteiger charge is 2.64. The van der Waals surface area contributed by atoms with Crippen LogP contribution in [0, 0.1) is 12.3 Å². The molecule has 5 rings (SSSR count). The normalized spacial score (nSPS) is 16.6. The molecule has 1 unspecified atom stereocenters. The van der Waals surface area contributed by atoms with Gasteiger partial charge in [0.05, 0.1) is 5.52 Å². The maximum Gasteiger partial charge on any atom is 0.233 e. The number of H-pyrrole nitrogens is 1. The molecule has 1 aliphatic rings. The molecule has 32 heavy (non-hydrogen) atoms. The van der Waals surface area contributed by atoms with Gasteiger partial charge in [-0.25, -0.2) is 4.98 Å². The van der Waals surface area contributed by atoms with Crippen LogP contribution >= 0.6 is 0 Å². The predicted octanol–water partition coefficient (Wildman–Crippen LogP) is 3.17. The molecule has 160 valence electrons. The van der Waals surface area contributed by atoms with Gasteiger partial charge >= 0.3 is 0 Å². The third kappa shape index (κ3) is 3.08. The van der Waals surface area contributed by atoms with Gasteiger partial charge in [-0.1, -0.05) is 12.1 Å². The van der Waals surface area contributed by atoms with E-state index in [-0.39, 0.29) is 5.92 Å². The van der Waals surface area contributed by atoms with Crippen LogP contribution in [0.25, 0.3) is 22.3 Å². The van der Waals surface area contributed by atoms with E-state index < -0.39 is 17.2 Å². The summed E-state index contributed by atoms with van der Waals surface area (Å²) in [5.41, 5.74) is 13.2. The fourth-order valence-corrected chi connectivity index (χ4v) is 4.26. The Kier molecular flexibility index (Phi) is 4.44. The van der Waals surface area contributed by atoms with Gasteiger partial charge in [0.15, 0.2) is 0 Å². The summed E-state index contributed by atoms with van der Waals surface area (Å²) in [5.74, 6) is 0.434. The van der Waals surface area contributed by atoms with Gasteiger partial charge in [-0.2, -0.15) is 0 Å². The van der Waals surface area contributed by atoms with E-state index in [4.69, 9.17) is 16.2 Å². The minimum Gasteiger partial charge on any atom is -0.457 e. The average Bonchev–Trinajstić information content (AvgIpc) is 3.33. The van der Waals surface area contributed by atoms with E-state index in [9.17, 15) is 9.59 Å². The Bertz CT molecular complexity index is 1330. The van der Waals surface area contributed by atoms with Crippen LogP contribution in [0.2, 0.25) is 0 Å². The molecule has 1 aliphatic carbocycles. The van der Waals surface area contributed by atoms with Gasteiger partial charge in [0.2, 0.25) is 11.8 Å². The smallest absolute Gasteiger partial charge is 0.233 e. The Morgan fingerprint density at radius 1 is 1.06 bits per heavy atom. The molecule has 2 amide bonds. The molecule has 0 spiro atoms. The van der Waals surface area contributed by atoms with Gasteiger partial charge in [0, 0.05) is 35.5 Å². The summed E-state index contributed by atoms with van der Waals surface area (Å²) < 4.78 is 6.13. The second-order valence-corrected chi connectivity index (χ2v) is 8.06. The number of benzene rings is 2. The van der Waals surface area contributed by atoms with Crippen molar-refractivity contribution in [1.29, 1.82) is 0 Å². The van der Waals surface area contributed by atoms with E-state index in [0.29, 0.717) is 17.9 Å². The minimum absolute atomic E-state index is 0.295. The molecule has 4 aromatic rings. The zero-order valence-electron chi connectivity index (χ0n) is 17.3. The number of nitrogens with one attached hydrogen (secondary N) is 1. The number of primary amides is 2. The molecular weight excluding hydrogens is 406 g/mol. The molecule has 0 aliphatic heterocycles. The molecule has 1 fully saturated rings. The highest BCUT2D eigenvalue weighted by Crippen LogP contribution is 2.59. The summed E-state index contributed by atoms with van der Waals surface area (Å²) in [6.45, 7) is 2.02. The number of ether oxygens (including phenoxy) is 1. The number of rotatable bonds is 6. The van der Waals surface area contributed by atoms with Gasteiger partial charge in [-0.15, -0.1) is 0 Å². The molecular formula is C24H21N5O3. The average molecular weight is 427 g/mol. The van der Waals surface area contributed by atoms with Crippen molar-refractivity contribution in [3.05, 3.63) is 72.2 Å². The maximum atomic E-state index is 11.8. The first-order valence-electron chi connectivity index (χ1n) is 10.2. The Hall–Kier alpha value is -4.20. The molecule has 0 bridgehead atoms. The number of aromatic amines is 1. The standard InChI is InChI=1S/C24H21N5O3/c1-13-10-17-19(11-16(13)21-28-8-9-29-21)27-7-6-20(17)32-15-4-2-14(3-5-15)18-12-24(18,22(25)30)23(26)31/h2-11,18H,12H2,1H3,(H2,25,30)(H2,26,31)(H,28,29). The third-order valence-electron chi connectivity index (χ3n) is 6.15. The summed E-state index contributed by atoms with van der Waals surface area (Å²) >= 11 is 0. The fraction of sp³-hybridized carbons (Fsp3) is 0.167. The number of amides is 2. The van der Waals surface area contributed by atoms with Crippen molar-refractivity contribution >= 4 is 22.7 Å². The van der Waals surface area contributed by atoms with E-state index >= 15 is 0 Å². The molecule has 1 saturated carbocycles. The second kappa shape index (κ2) is 7.19. The zero-order chi connectivity index (χ0) is 22.5. The number of pyridine rings is 1. The molecule has 2 heterocycles. The molecule has 8 nitrogen and oxygen atoms in total. The first-order valence-corrected chi connectivity index (χ1v) is 10.2. The van der Waals surface area contributed by atoms with Crippen molar-refractivity contribution < 1.29 is 14.3 Å². The molecule has 0 saturated heterocycles. The lowest BCUT2D eigenvalue weighted by Gasteiger charge is -2.12. The predicted molar refractivity (Wildman–Crippen MR) is 119 cm³/mol. The lowest BCUT2D eigenvalue weighted by molar-refractivity contribution is -0.133. The topological polar surface area (TPSA) is 137 Å². The summed E-state index contributed by atoms with van der Waals surface area (Å²) in [4.78, 5) is 35.4. The van der Waals surface area contributed by atoms with Gasteiger partial charge < -0.3 is 21.2 Å². The number of imidazole rings is 1. The minimum atomic E-state index is -1.28. The Morgan fingerprint density at radius 2 is 1.81 bits per heavy atom. The number of nitrogens with zero attached hydrogens (tertiary/aromatic N) is 2. The Balaban J connectivity index is 1.42. The summed E-state index contributed by atoms with van der Waals surface area (Å²) in [5, 5.41) is 0.882. The van der Waals surface area contributed by atoms with E-state index in [2.05, 4.69) is 15.0 Å². The van der Waals surface area contributed by atoms with Gasteiger partial charge in [-0.3, -0.25) is 14.6 Å². The van der Waals surface area contributed by atoms with Crippen LogP contribution in [0.4, 0.5) is 0 Å². The first kappa shape index (κ1) is 19.7. The number of fused-ring (bicyclic) bond motifs is 1. The molecule has 0 radical (unpaired) electrons. The highest BCUT2D eigenvalue weighted by atomic mass is 16.5. The number of aryl methyl sites for hydroxylation is 1. The molecule has 2 aromatic carbocycles. The molecule has 5 N–H and O–H groups in total. The number of aromatic nitrogens is 3. The van der Waals surface area contributed by atoms with E-state index in [0.717, 1.165) is 33.4 Å². The lowest BCUT2D eigenvalue weighted by atomic mass is 9.97. The summed E-state index contributed by atoms with van der Waals surface area (Å²) in [7, 11) is 0. The van der Waals surface area contributed by atoms with Crippen LogP contribution in [0.3, 0.4) is 0 Å². The summed E-state index contributed by atoms with van der Waals surface area (Å²) in [6.07, 6.45) is 5.54. The third-order valence-corrected chi connectivity index (χ3v) is 6.15. The molecule has 8 heteroatoms. The Labute approximate surface area is 183 Å². The first-order chi connectivity index (χ1) is 15.4. The van der Waals surface area contributed by atoms with Crippen LogP contribution in [0.15, 0.2) is 61.1 Å². The SMILES string of the molecule is Cc1cc2c(Oc3ccc(C4CC4(C(N)=O)C(N)=O)cc3)ccnc2cc1-c1ncc[nH]1. The van der Waals surface area contributed by atoms with Gasteiger partial charge in [0.25, 0.3) is 0 Å². The van der Waals surface area contributed by atoms with Crippen LogP contribution in [0.1, 0.15) is 23.5 Å². The number of hydrogen-bond acceptors (Lipinski definition) is 5. The summed E-state index contributed by atoms with van der Waals surface area (Å²) in [6, 6.07) is 13.1. The van der Waals surface area contributed by atoms with Crippen LogP contribution in [-0.2, 0) is 9.59 Å².